The third-order valence-electron chi connectivity index (χ3n) is 6.60. The third kappa shape index (κ3) is 3.58. The molecule has 3 heteroatoms. The van der Waals surface area contributed by atoms with Crippen LogP contribution in [0.2, 0.25) is 0 Å². The van der Waals surface area contributed by atoms with E-state index < -0.39 is 10.0 Å². The molecule has 0 aliphatic rings. The van der Waals surface area contributed by atoms with Crippen LogP contribution in [0, 0.1) is 0 Å². The number of hydrogen-bond donors (Lipinski definition) is 0. The fourth-order valence-electron chi connectivity index (χ4n) is 5.25. The van der Waals surface area contributed by atoms with E-state index in [4.69, 9.17) is 0 Å². The van der Waals surface area contributed by atoms with Gasteiger partial charge in [-0.2, -0.15) is 0 Å². The Labute approximate surface area is 205 Å². The summed E-state index contributed by atoms with van der Waals surface area (Å²) < 4.78 is 4.65. The molecular weight excluding hydrogens is 432 g/mol. The number of benzene rings is 4. The van der Waals surface area contributed by atoms with Crippen molar-refractivity contribution in [2.75, 3.05) is 18.8 Å². The topological polar surface area (TPSA) is 9.86 Å². The molecule has 0 amide bonds. The summed E-state index contributed by atoms with van der Waals surface area (Å²) in [6.07, 6.45) is 9.26. The van der Waals surface area contributed by atoms with Crippen LogP contribution >= 0.6 is 10.0 Å². The first-order valence-electron chi connectivity index (χ1n) is 12.3. The maximum absolute atomic E-state index is 2.42. The smallest absolute Gasteiger partial charge is 0.0576 e. The number of aromatic nitrogens is 2. The van der Waals surface area contributed by atoms with E-state index in [-0.39, 0.29) is 0 Å². The lowest BCUT2D eigenvalue weighted by Crippen LogP contribution is -2.00. The molecule has 0 saturated carbocycles. The Morgan fingerprint density at radius 1 is 0.529 bits per heavy atom. The lowest BCUT2D eigenvalue weighted by atomic mass is 9.95. The van der Waals surface area contributed by atoms with Crippen molar-refractivity contribution in [1.29, 1.82) is 0 Å². The van der Waals surface area contributed by atoms with Gasteiger partial charge >= 0.3 is 0 Å². The van der Waals surface area contributed by atoms with E-state index in [1.165, 1.54) is 59.1 Å². The molecule has 2 heterocycles. The molecule has 6 rings (SSSR count). The van der Waals surface area contributed by atoms with E-state index in [9.17, 15) is 0 Å². The molecule has 0 unspecified atom stereocenters. The Morgan fingerprint density at radius 2 is 0.971 bits per heavy atom. The molecule has 178 valence electrons. The van der Waals surface area contributed by atoms with Crippen LogP contribution in [-0.2, 0) is 14.1 Å². The molecule has 0 atom stereocenters. The lowest BCUT2D eigenvalue weighted by molar-refractivity contribution is 0.860. The number of aryl methyl sites for hydroxylation is 2. The Kier molecular flexibility index (Phi) is 6.44. The molecule has 0 aliphatic carbocycles. The zero-order valence-corrected chi connectivity index (χ0v) is 23.0. The van der Waals surface area contributed by atoms with Crippen molar-refractivity contribution in [1.82, 2.24) is 9.13 Å². The van der Waals surface area contributed by atoms with Gasteiger partial charge in [0.05, 0.1) is 16.1 Å². The molecule has 0 saturated heterocycles. The first-order valence-corrected chi connectivity index (χ1v) is 15.2. The second-order valence-corrected chi connectivity index (χ2v) is 13.3. The molecule has 4 aromatic carbocycles. The van der Waals surface area contributed by atoms with E-state index in [0.717, 1.165) is 0 Å². The minimum absolute atomic E-state index is 0.794. The number of fused-ring (bicyclic) bond motifs is 9. The van der Waals surface area contributed by atoms with Gasteiger partial charge in [-0.3, -0.25) is 0 Å². The SMILES string of the molecule is CC.CC.Cn1ccc2ccc3c4ccc5c(ccc6cc(S(C)(C)C)n(C)c65)c4ccc3c21. The largest absolute Gasteiger partial charge is 0.350 e. The standard InChI is InChI=1S/C27H26N2S.2C2H6/c1-28-15-14-17-6-8-21-19-11-13-24-22(20(19)10-12-23(21)26(17)28)9-7-18-16-25(30(3,4)5)29(2)27(18)24;2*1-2/h6-16H,1-5H3;2*1-2H3. The molecule has 2 nitrogen and oxygen atoms in total. The van der Waals surface area contributed by atoms with Crippen LogP contribution in [0.1, 0.15) is 27.7 Å². The van der Waals surface area contributed by atoms with Crippen molar-refractivity contribution >= 4 is 64.2 Å². The van der Waals surface area contributed by atoms with Gasteiger partial charge in [-0.05, 0) is 52.4 Å². The zero-order valence-electron chi connectivity index (χ0n) is 22.2. The van der Waals surface area contributed by atoms with Crippen LogP contribution in [0.3, 0.4) is 0 Å². The fourth-order valence-corrected chi connectivity index (χ4v) is 6.65. The fraction of sp³-hybridized carbons (Fsp3) is 0.290. The highest BCUT2D eigenvalue weighted by atomic mass is 32.3. The number of nitrogens with zero attached hydrogens (tertiary/aromatic N) is 2. The number of rotatable bonds is 1. The van der Waals surface area contributed by atoms with Crippen molar-refractivity contribution in [2.45, 2.75) is 32.7 Å². The second-order valence-electron chi connectivity index (χ2n) is 9.23. The average molecular weight is 471 g/mol. The van der Waals surface area contributed by atoms with E-state index >= 15 is 0 Å². The van der Waals surface area contributed by atoms with Crippen LogP contribution < -0.4 is 0 Å². The van der Waals surface area contributed by atoms with E-state index in [1.54, 1.807) is 0 Å². The van der Waals surface area contributed by atoms with Crippen LogP contribution in [0.25, 0.3) is 54.1 Å². The van der Waals surface area contributed by atoms with Crippen LogP contribution in [0.4, 0.5) is 0 Å². The summed E-state index contributed by atoms with van der Waals surface area (Å²) in [5, 5.41) is 12.1. The Balaban J connectivity index is 0.000000652. The first-order chi connectivity index (χ1) is 16.3. The molecule has 2 aromatic heterocycles. The number of hydrogen-bond acceptors (Lipinski definition) is 0. The monoisotopic (exact) mass is 470 g/mol. The highest BCUT2D eigenvalue weighted by Gasteiger charge is 2.17. The molecule has 34 heavy (non-hydrogen) atoms. The predicted octanol–water partition coefficient (Wildman–Crippen LogP) is 9.23. The summed E-state index contributed by atoms with van der Waals surface area (Å²) in [6, 6.07) is 23.0. The molecule has 0 radical (unpaired) electrons. The van der Waals surface area contributed by atoms with E-state index in [0.29, 0.717) is 0 Å². The summed E-state index contributed by atoms with van der Waals surface area (Å²) in [5.41, 5.74) is 2.66. The van der Waals surface area contributed by atoms with Crippen molar-refractivity contribution in [2.24, 2.45) is 14.1 Å². The molecule has 6 aromatic rings. The van der Waals surface area contributed by atoms with Gasteiger partial charge in [-0.1, -0.05) is 76.2 Å². The minimum Gasteiger partial charge on any atom is -0.350 e. The van der Waals surface area contributed by atoms with Gasteiger partial charge in [-0.15, -0.1) is 0 Å². The van der Waals surface area contributed by atoms with Crippen LogP contribution in [-0.4, -0.2) is 27.9 Å². The summed E-state index contributed by atoms with van der Waals surface area (Å²) in [6.45, 7) is 8.00. The second kappa shape index (κ2) is 9.03. The van der Waals surface area contributed by atoms with Gasteiger partial charge in [0.2, 0.25) is 0 Å². The maximum atomic E-state index is 2.42. The summed E-state index contributed by atoms with van der Waals surface area (Å²) in [7, 11) is 3.57. The Morgan fingerprint density at radius 3 is 1.53 bits per heavy atom. The van der Waals surface area contributed by atoms with Gasteiger partial charge < -0.3 is 9.13 Å². The molecule has 0 bridgehead atoms. The predicted molar refractivity (Wildman–Crippen MR) is 158 cm³/mol. The summed E-state index contributed by atoms with van der Waals surface area (Å²) in [4.78, 5) is 0. The molecular formula is C31H38N2S. The lowest BCUT2D eigenvalue weighted by Gasteiger charge is -2.26. The van der Waals surface area contributed by atoms with Gasteiger partial charge in [-0.25, -0.2) is 10.0 Å². The van der Waals surface area contributed by atoms with Gasteiger partial charge in [0, 0.05) is 41.8 Å². The van der Waals surface area contributed by atoms with Gasteiger partial charge in [0.25, 0.3) is 0 Å². The first kappa shape index (κ1) is 24.2. The van der Waals surface area contributed by atoms with E-state index in [2.05, 4.69) is 109 Å². The summed E-state index contributed by atoms with van der Waals surface area (Å²) in [5.74, 6) is 0. The van der Waals surface area contributed by atoms with Gasteiger partial charge in [0.1, 0.15) is 0 Å². The normalized spacial score (nSPS) is 12.1. The van der Waals surface area contributed by atoms with Crippen LogP contribution in [0.5, 0.6) is 0 Å². The van der Waals surface area contributed by atoms with Crippen molar-refractivity contribution < 1.29 is 0 Å². The summed E-state index contributed by atoms with van der Waals surface area (Å²) >= 11 is 0. The van der Waals surface area contributed by atoms with Crippen molar-refractivity contribution in [3.63, 3.8) is 0 Å². The third-order valence-corrected chi connectivity index (χ3v) is 8.25. The molecule has 0 spiro atoms. The zero-order chi connectivity index (χ0) is 24.8. The quantitative estimate of drug-likeness (QED) is 0.212. The highest BCUT2D eigenvalue weighted by molar-refractivity contribution is 8.32. The maximum Gasteiger partial charge on any atom is 0.0576 e. The van der Waals surface area contributed by atoms with Crippen molar-refractivity contribution in [3.05, 3.63) is 66.9 Å². The molecule has 0 aliphatic heterocycles. The molecule has 0 N–H and O–H groups in total. The van der Waals surface area contributed by atoms with Gasteiger partial charge in [0.15, 0.2) is 0 Å². The highest BCUT2D eigenvalue weighted by Crippen LogP contribution is 2.48. The van der Waals surface area contributed by atoms with Crippen molar-refractivity contribution in [3.8, 4) is 0 Å². The van der Waals surface area contributed by atoms with E-state index in [1.807, 2.05) is 27.7 Å². The molecule has 0 fully saturated rings. The van der Waals surface area contributed by atoms with Crippen LogP contribution in [0.15, 0.2) is 71.9 Å². The average Bonchev–Trinajstić information content (AvgIpc) is 3.41. The Hall–Kier alpha value is -2.91. The minimum atomic E-state index is -0.794. The Bertz CT molecular complexity index is 1640.